The largest absolute Gasteiger partial charge is 0.462 e. The minimum atomic E-state index is -0.821. The van der Waals surface area contributed by atoms with Crippen LogP contribution in [-0.2, 0) is 28.6 Å². The van der Waals surface area contributed by atoms with Crippen LogP contribution >= 0.6 is 0 Å². The van der Waals surface area contributed by atoms with Crippen molar-refractivity contribution in [1.82, 2.24) is 0 Å². The molecular formula is C47H78O6. The highest BCUT2D eigenvalue weighted by Gasteiger charge is 2.19. The van der Waals surface area contributed by atoms with E-state index in [0.717, 1.165) is 70.6 Å². The molecule has 0 fully saturated rings. The Kier molecular flexibility index (Phi) is 39.1. The van der Waals surface area contributed by atoms with Crippen molar-refractivity contribution in [2.24, 2.45) is 0 Å². The van der Waals surface area contributed by atoms with Crippen LogP contribution in [0.25, 0.3) is 0 Å². The lowest BCUT2D eigenvalue weighted by molar-refractivity contribution is -0.166. The van der Waals surface area contributed by atoms with E-state index in [-0.39, 0.29) is 31.6 Å². The second-order valence-electron chi connectivity index (χ2n) is 13.9. The number of esters is 3. The van der Waals surface area contributed by atoms with Crippen molar-refractivity contribution in [3.05, 3.63) is 72.9 Å². The van der Waals surface area contributed by atoms with Gasteiger partial charge in [0.1, 0.15) is 13.2 Å². The first kappa shape index (κ1) is 49.9. The van der Waals surface area contributed by atoms with Crippen LogP contribution in [0.15, 0.2) is 72.9 Å². The third-order valence-corrected chi connectivity index (χ3v) is 8.74. The van der Waals surface area contributed by atoms with Crippen molar-refractivity contribution in [1.29, 1.82) is 0 Å². The summed E-state index contributed by atoms with van der Waals surface area (Å²) in [6.45, 7) is 6.33. The predicted octanol–water partition coefficient (Wildman–Crippen LogP) is 13.5. The number of carbonyl (C=O) groups is 3. The van der Waals surface area contributed by atoms with Gasteiger partial charge >= 0.3 is 17.9 Å². The summed E-state index contributed by atoms with van der Waals surface area (Å²) in [5.41, 5.74) is 0. The normalized spacial score (nSPS) is 12.7. The minimum Gasteiger partial charge on any atom is -0.462 e. The van der Waals surface area contributed by atoms with Crippen molar-refractivity contribution in [3.63, 3.8) is 0 Å². The van der Waals surface area contributed by atoms with Crippen molar-refractivity contribution >= 4 is 17.9 Å². The van der Waals surface area contributed by atoms with E-state index in [1.807, 2.05) is 12.2 Å². The van der Waals surface area contributed by atoms with Crippen LogP contribution in [0.3, 0.4) is 0 Å². The van der Waals surface area contributed by atoms with Gasteiger partial charge < -0.3 is 14.2 Å². The molecule has 0 aromatic heterocycles. The summed E-state index contributed by atoms with van der Waals surface area (Å²) in [5, 5.41) is 0. The maximum absolute atomic E-state index is 12.6. The van der Waals surface area contributed by atoms with Crippen LogP contribution in [0, 0.1) is 0 Å². The molecule has 1 atom stereocenters. The van der Waals surface area contributed by atoms with Crippen LogP contribution in [0.4, 0.5) is 0 Å². The average Bonchev–Trinajstić information content (AvgIpc) is 3.15. The topological polar surface area (TPSA) is 78.9 Å². The molecule has 0 saturated carbocycles. The third-order valence-electron chi connectivity index (χ3n) is 8.74. The molecule has 0 aromatic rings. The molecule has 0 rings (SSSR count). The fourth-order valence-electron chi connectivity index (χ4n) is 5.50. The van der Waals surface area contributed by atoms with Crippen molar-refractivity contribution in [3.8, 4) is 0 Å². The maximum Gasteiger partial charge on any atom is 0.306 e. The second kappa shape index (κ2) is 41.6. The lowest BCUT2D eigenvalue weighted by Gasteiger charge is -2.18. The monoisotopic (exact) mass is 739 g/mol. The Morgan fingerprint density at radius 1 is 0.415 bits per heavy atom. The Morgan fingerprint density at radius 2 is 0.868 bits per heavy atom. The Morgan fingerprint density at radius 3 is 1.47 bits per heavy atom. The molecule has 0 aliphatic heterocycles. The fourth-order valence-corrected chi connectivity index (χ4v) is 5.50. The van der Waals surface area contributed by atoms with Gasteiger partial charge in [-0.3, -0.25) is 14.4 Å². The van der Waals surface area contributed by atoms with Gasteiger partial charge in [-0.05, 0) is 77.0 Å². The van der Waals surface area contributed by atoms with E-state index in [1.165, 1.54) is 64.2 Å². The SMILES string of the molecule is CC\C=C/C=C\C=C/CCCCCCCC(=O)OCC(COC(=O)CCC/C=C\CCCCCC)OC(=O)CC/C=C\C/C=C\CCCCCCCC. The zero-order chi connectivity index (χ0) is 38.7. The summed E-state index contributed by atoms with van der Waals surface area (Å²) in [6, 6.07) is 0. The molecule has 0 N–H and O–H groups in total. The Hall–Kier alpha value is -3.15. The van der Waals surface area contributed by atoms with E-state index in [2.05, 4.69) is 81.5 Å². The molecule has 0 amide bonds. The zero-order valence-electron chi connectivity index (χ0n) is 34.3. The van der Waals surface area contributed by atoms with E-state index in [1.54, 1.807) is 0 Å². The van der Waals surface area contributed by atoms with E-state index in [0.29, 0.717) is 25.7 Å². The number of allylic oxidation sites excluding steroid dienone is 12. The van der Waals surface area contributed by atoms with E-state index >= 15 is 0 Å². The quantitative estimate of drug-likeness (QED) is 0.0208. The van der Waals surface area contributed by atoms with Gasteiger partial charge in [-0.15, -0.1) is 0 Å². The summed E-state index contributed by atoms with van der Waals surface area (Å²) >= 11 is 0. The highest BCUT2D eigenvalue weighted by molar-refractivity contribution is 5.71. The second-order valence-corrected chi connectivity index (χ2v) is 13.9. The van der Waals surface area contributed by atoms with Gasteiger partial charge in [-0.25, -0.2) is 0 Å². The van der Waals surface area contributed by atoms with Gasteiger partial charge in [-0.2, -0.15) is 0 Å². The molecule has 0 radical (unpaired) electrons. The lowest BCUT2D eigenvalue weighted by atomic mass is 10.1. The Labute approximate surface area is 325 Å². The number of hydrogen-bond acceptors (Lipinski definition) is 6. The van der Waals surface area contributed by atoms with Crippen LogP contribution in [0.2, 0.25) is 0 Å². The van der Waals surface area contributed by atoms with Crippen molar-refractivity contribution in [2.75, 3.05) is 13.2 Å². The molecule has 302 valence electrons. The molecule has 0 saturated heterocycles. The van der Waals surface area contributed by atoms with Crippen LogP contribution in [0.1, 0.15) is 188 Å². The highest BCUT2D eigenvalue weighted by Crippen LogP contribution is 2.11. The molecule has 0 heterocycles. The summed E-state index contributed by atoms with van der Waals surface area (Å²) < 4.78 is 16.5. The van der Waals surface area contributed by atoms with Gasteiger partial charge in [0, 0.05) is 19.3 Å². The van der Waals surface area contributed by atoms with E-state index in [4.69, 9.17) is 14.2 Å². The highest BCUT2D eigenvalue weighted by atomic mass is 16.6. The molecule has 0 aliphatic rings. The molecule has 1 unspecified atom stereocenters. The summed E-state index contributed by atoms with van der Waals surface area (Å²) in [5.74, 6) is -1.05. The van der Waals surface area contributed by atoms with Gasteiger partial charge in [0.05, 0.1) is 0 Å². The lowest BCUT2D eigenvalue weighted by Crippen LogP contribution is -2.30. The van der Waals surface area contributed by atoms with E-state index in [9.17, 15) is 14.4 Å². The first-order valence-electron chi connectivity index (χ1n) is 21.5. The third kappa shape index (κ3) is 39.9. The number of unbranched alkanes of at least 4 members (excludes halogenated alkanes) is 16. The molecule has 0 bridgehead atoms. The molecule has 0 aliphatic carbocycles. The maximum atomic E-state index is 12.6. The standard InChI is InChI=1S/C47H78O6/c1-4-7-10-13-16-19-21-23-25-28-31-34-37-40-46(49)52-43-44(42-51-45(48)39-36-33-30-27-18-15-12-9-6-3)53-47(50)41-38-35-32-29-26-24-22-20-17-14-11-8-5-2/h7,10,13,16,19,21,24,26-27,30,32,35,44H,4-6,8-9,11-12,14-15,17-18,20,22-23,25,28-29,31,33-34,36-43H2,1-3H3/b10-7-,16-13-,21-19-,26-24-,30-27-,35-32-. The number of ether oxygens (including phenoxy) is 3. The summed E-state index contributed by atoms with van der Waals surface area (Å²) in [4.78, 5) is 37.5. The summed E-state index contributed by atoms with van der Waals surface area (Å²) in [6.07, 6.45) is 50.5. The van der Waals surface area contributed by atoms with E-state index < -0.39 is 12.1 Å². The van der Waals surface area contributed by atoms with Gasteiger partial charge in [-0.1, -0.05) is 164 Å². The first-order chi connectivity index (χ1) is 26.0. The van der Waals surface area contributed by atoms with Gasteiger partial charge in [0.25, 0.3) is 0 Å². The van der Waals surface area contributed by atoms with Crippen molar-refractivity contribution in [2.45, 2.75) is 194 Å². The number of carbonyl (C=O) groups excluding carboxylic acids is 3. The molecule has 53 heavy (non-hydrogen) atoms. The summed E-state index contributed by atoms with van der Waals surface area (Å²) in [7, 11) is 0. The fraction of sp³-hybridized carbons (Fsp3) is 0.681. The van der Waals surface area contributed by atoms with Gasteiger partial charge in [0.15, 0.2) is 6.10 Å². The Balaban J connectivity index is 4.52. The smallest absolute Gasteiger partial charge is 0.306 e. The first-order valence-corrected chi connectivity index (χ1v) is 21.5. The molecule has 0 aromatic carbocycles. The molecule has 6 heteroatoms. The van der Waals surface area contributed by atoms with Crippen molar-refractivity contribution < 1.29 is 28.6 Å². The Bertz CT molecular complexity index is 1030. The average molecular weight is 739 g/mol. The van der Waals surface area contributed by atoms with Crippen LogP contribution in [0.5, 0.6) is 0 Å². The number of rotatable bonds is 37. The van der Waals surface area contributed by atoms with Crippen LogP contribution < -0.4 is 0 Å². The molecule has 6 nitrogen and oxygen atoms in total. The van der Waals surface area contributed by atoms with Gasteiger partial charge in [0.2, 0.25) is 0 Å². The predicted molar refractivity (Wildman–Crippen MR) is 224 cm³/mol. The minimum absolute atomic E-state index is 0.118. The van der Waals surface area contributed by atoms with Crippen LogP contribution in [-0.4, -0.2) is 37.2 Å². The zero-order valence-corrected chi connectivity index (χ0v) is 34.3. The molecule has 0 spiro atoms. The number of hydrogen-bond donors (Lipinski definition) is 0. The molecular weight excluding hydrogens is 661 g/mol.